The Labute approximate surface area is 138 Å². The van der Waals surface area contributed by atoms with Gasteiger partial charge in [0.2, 0.25) is 0 Å². The van der Waals surface area contributed by atoms with E-state index in [1.54, 1.807) is 26.1 Å². The first-order valence-corrected chi connectivity index (χ1v) is 7.35. The van der Waals surface area contributed by atoms with Gasteiger partial charge in [0, 0.05) is 13.6 Å². The molecule has 0 fully saturated rings. The molecule has 0 aromatic heterocycles. The van der Waals surface area contributed by atoms with E-state index in [1.807, 2.05) is 0 Å². The molecule has 1 unspecified atom stereocenters. The topological polar surface area (TPSA) is 29.5 Å². The number of rotatable bonds is 5. The van der Waals surface area contributed by atoms with Crippen LogP contribution >= 0.6 is 11.6 Å². The van der Waals surface area contributed by atoms with Gasteiger partial charge in [-0.2, -0.15) is 0 Å². The van der Waals surface area contributed by atoms with Crippen LogP contribution in [-0.2, 0) is 11.3 Å². The van der Waals surface area contributed by atoms with Gasteiger partial charge in [0.15, 0.2) is 6.10 Å². The predicted octanol–water partition coefficient (Wildman–Crippen LogP) is 4.04. The zero-order valence-corrected chi connectivity index (χ0v) is 13.5. The van der Waals surface area contributed by atoms with Crippen molar-refractivity contribution in [1.82, 2.24) is 4.90 Å². The van der Waals surface area contributed by atoms with Gasteiger partial charge in [-0.3, -0.25) is 4.79 Å². The van der Waals surface area contributed by atoms with Crippen LogP contribution in [0.2, 0.25) is 5.02 Å². The van der Waals surface area contributed by atoms with Gasteiger partial charge in [-0.15, -0.1) is 0 Å². The minimum absolute atomic E-state index is 0.103. The fraction of sp³-hybridized carbons (Fsp3) is 0.235. The van der Waals surface area contributed by atoms with E-state index in [2.05, 4.69) is 0 Å². The summed E-state index contributed by atoms with van der Waals surface area (Å²) in [6, 6.07) is 9.61. The third kappa shape index (κ3) is 4.66. The maximum absolute atomic E-state index is 13.0. The van der Waals surface area contributed by atoms with Crippen LogP contribution in [-0.4, -0.2) is 24.0 Å². The van der Waals surface area contributed by atoms with E-state index in [4.69, 9.17) is 16.3 Å². The highest BCUT2D eigenvalue weighted by Crippen LogP contribution is 2.26. The van der Waals surface area contributed by atoms with Gasteiger partial charge in [-0.05, 0) is 42.8 Å². The minimum atomic E-state index is -0.789. The van der Waals surface area contributed by atoms with Gasteiger partial charge in [0.05, 0.1) is 5.02 Å². The fourth-order valence-corrected chi connectivity index (χ4v) is 2.28. The lowest BCUT2D eigenvalue weighted by Gasteiger charge is -2.22. The molecule has 1 amide bonds. The Morgan fingerprint density at radius 2 is 1.78 bits per heavy atom. The SMILES string of the molecule is CC(Oc1ccc(F)cc1Cl)C(=O)N(C)Cc1ccc(F)cc1. The normalized spacial score (nSPS) is 11.9. The molecule has 122 valence electrons. The first-order valence-electron chi connectivity index (χ1n) is 6.98. The molecular weight excluding hydrogens is 324 g/mol. The molecule has 2 rings (SSSR count). The molecule has 0 spiro atoms. The van der Waals surface area contributed by atoms with Crippen molar-refractivity contribution in [3.8, 4) is 5.75 Å². The molecule has 6 heteroatoms. The third-order valence-corrected chi connectivity index (χ3v) is 3.55. The summed E-state index contributed by atoms with van der Waals surface area (Å²) in [4.78, 5) is 13.8. The lowest BCUT2D eigenvalue weighted by atomic mass is 10.2. The Hall–Kier alpha value is -2.14. The number of carbonyl (C=O) groups excluding carboxylic acids is 1. The first-order chi connectivity index (χ1) is 10.9. The number of nitrogens with zero attached hydrogens (tertiary/aromatic N) is 1. The molecule has 0 bridgehead atoms. The van der Waals surface area contributed by atoms with E-state index in [9.17, 15) is 13.6 Å². The maximum atomic E-state index is 13.0. The number of benzene rings is 2. The number of amides is 1. The lowest BCUT2D eigenvalue weighted by Crippen LogP contribution is -2.37. The predicted molar refractivity (Wildman–Crippen MR) is 84.4 cm³/mol. The quantitative estimate of drug-likeness (QED) is 0.822. The van der Waals surface area contributed by atoms with Crippen molar-refractivity contribution in [2.24, 2.45) is 0 Å². The molecule has 23 heavy (non-hydrogen) atoms. The van der Waals surface area contributed by atoms with Crippen LogP contribution in [0, 0.1) is 11.6 Å². The van der Waals surface area contributed by atoms with Crippen LogP contribution in [0.4, 0.5) is 8.78 Å². The van der Waals surface area contributed by atoms with E-state index in [0.717, 1.165) is 11.6 Å². The van der Waals surface area contributed by atoms with Gasteiger partial charge in [-0.1, -0.05) is 23.7 Å². The molecule has 0 radical (unpaired) electrons. The number of hydrogen-bond donors (Lipinski definition) is 0. The summed E-state index contributed by atoms with van der Waals surface area (Å²) >= 11 is 5.88. The van der Waals surface area contributed by atoms with E-state index < -0.39 is 11.9 Å². The van der Waals surface area contributed by atoms with Crippen molar-refractivity contribution in [2.45, 2.75) is 19.6 Å². The minimum Gasteiger partial charge on any atom is -0.479 e. The van der Waals surface area contributed by atoms with Crippen molar-refractivity contribution in [3.05, 3.63) is 64.7 Å². The summed E-state index contributed by atoms with van der Waals surface area (Å²) in [6.45, 7) is 1.91. The number of halogens is 3. The van der Waals surface area contributed by atoms with E-state index >= 15 is 0 Å². The molecule has 1 atom stereocenters. The van der Waals surface area contributed by atoms with E-state index in [-0.39, 0.29) is 22.5 Å². The van der Waals surface area contributed by atoms with Crippen LogP contribution in [0.15, 0.2) is 42.5 Å². The summed E-state index contributed by atoms with van der Waals surface area (Å²) in [7, 11) is 1.62. The number of carbonyl (C=O) groups is 1. The number of hydrogen-bond acceptors (Lipinski definition) is 2. The van der Waals surface area contributed by atoms with Gasteiger partial charge in [0.1, 0.15) is 17.4 Å². The molecule has 0 heterocycles. The molecule has 0 aliphatic heterocycles. The Morgan fingerprint density at radius 3 is 2.39 bits per heavy atom. The second-order valence-corrected chi connectivity index (χ2v) is 5.56. The summed E-state index contributed by atoms with van der Waals surface area (Å²) in [5.41, 5.74) is 0.800. The average Bonchev–Trinajstić information content (AvgIpc) is 2.51. The second-order valence-electron chi connectivity index (χ2n) is 5.16. The van der Waals surface area contributed by atoms with Crippen LogP contribution in [0.1, 0.15) is 12.5 Å². The Balaban J connectivity index is 1.99. The monoisotopic (exact) mass is 339 g/mol. The van der Waals surface area contributed by atoms with Crippen LogP contribution in [0.25, 0.3) is 0 Å². The van der Waals surface area contributed by atoms with Gasteiger partial charge >= 0.3 is 0 Å². The number of ether oxygens (including phenoxy) is 1. The first kappa shape index (κ1) is 17.2. The van der Waals surface area contributed by atoms with Gasteiger partial charge in [-0.25, -0.2) is 8.78 Å². The molecule has 0 aliphatic rings. The molecule has 2 aromatic carbocycles. The fourth-order valence-electron chi connectivity index (χ4n) is 2.06. The highest BCUT2D eigenvalue weighted by molar-refractivity contribution is 6.32. The zero-order chi connectivity index (χ0) is 17.0. The standard InChI is InChI=1S/C17H16ClF2NO2/c1-11(23-16-8-7-14(20)9-15(16)18)17(22)21(2)10-12-3-5-13(19)6-4-12/h3-9,11H,10H2,1-2H3. The largest absolute Gasteiger partial charge is 0.479 e. The van der Waals surface area contributed by atoms with E-state index in [0.29, 0.717) is 6.54 Å². The molecule has 3 nitrogen and oxygen atoms in total. The summed E-state index contributed by atoms with van der Waals surface area (Å²) in [6.07, 6.45) is -0.789. The summed E-state index contributed by atoms with van der Waals surface area (Å²) in [5, 5.41) is 0.103. The summed E-state index contributed by atoms with van der Waals surface area (Å²) in [5.74, 6) is -0.834. The average molecular weight is 340 g/mol. The Bertz CT molecular complexity index is 691. The molecular formula is C17H16ClF2NO2. The molecule has 0 aliphatic carbocycles. The highest BCUT2D eigenvalue weighted by atomic mass is 35.5. The summed E-state index contributed by atoms with van der Waals surface area (Å²) < 4.78 is 31.4. The third-order valence-electron chi connectivity index (χ3n) is 3.25. The van der Waals surface area contributed by atoms with Crippen molar-refractivity contribution in [1.29, 1.82) is 0 Å². The second kappa shape index (κ2) is 7.42. The van der Waals surface area contributed by atoms with Crippen molar-refractivity contribution in [2.75, 3.05) is 7.05 Å². The maximum Gasteiger partial charge on any atom is 0.263 e. The van der Waals surface area contributed by atoms with Gasteiger partial charge < -0.3 is 9.64 Å². The molecule has 2 aromatic rings. The van der Waals surface area contributed by atoms with E-state index in [1.165, 1.54) is 29.2 Å². The smallest absolute Gasteiger partial charge is 0.263 e. The van der Waals surface area contributed by atoms with Crippen LogP contribution < -0.4 is 4.74 Å². The Kier molecular flexibility index (Phi) is 5.55. The van der Waals surface area contributed by atoms with Crippen molar-refractivity contribution >= 4 is 17.5 Å². The molecule has 0 N–H and O–H groups in total. The van der Waals surface area contributed by atoms with Crippen molar-refractivity contribution in [3.63, 3.8) is 0 Å². The van der Waals surface area contributed by atoms with Crippen molar-refractivity contribution < 1.29 is 18.3 Å². The highest BCUT2D eigenvalue weighted by Gasteiger charge is 2.20. The van der Waals surface area contributed by atoms with Gasteiger partial charge in [0.25, 0.3) is 5.91 Å². The molecule has 0 saturated heterocycles. The molecule has 0 saturated carbocycles. The zero-order valence-electron chi connectivity index (χ0n) is 12.7. The van der Waals surface area contributed by atoms with Crippen LogP contribution in [0.5, 0.6) is 5.75 Å². The number of likely N-dealkylation sites (N-methyl/N-ethyl adjacent to an activating group) is 1. The Morgan fingerprint density at radius 1 is 1.17 bits per heavy atom. The lowest BCUT2D eigenvalue weighted by molar-refractivity contribution is -0.137. The van der Waals surface area contributed by atoms with Crippen LogP contribution in [0.3, 0.4) is 0 Å².